The molecular weight excluding hydrogens is 378 g/mol. The molecule has 0 aliphatic heterocycles. The van der Waals surface area contributed by atoms with Crippen molar-refractivity contribution >= 4 is 35.7 Å². The van der Waals surface area contributed by atoms with Crippen LogP contribution in [0.1, 0.15) is 0 Å². The Balaban J connectivity index is 0. The minimum Gasteiger partial charge on any atom is 0 e. The van der Waals surface area contributed by atoms with Crippen LogP contribution >= 0.6 is 18.7 Å². The third-order valence-corrected chi connectivity index (χ3v) is 0. The van der Waals surface area contributed by atoms with Crippen molar-refractivity contribution in [2.75, 3.05) is 0 Å². The van der Waals surface area contributed by atoms with E-state index in [9.17, 15) is 0 Å². The van der Waals surface area contributed by atoms with Gasteiger partial charge in [0.2, 0.25) is 0 Å². The molecule has 0 spiro atoms. The predicted octanol–water partition coefficient (Wildman–Crippen LogP) is 0.913. The largest absolute Gasteiger partial charge is 0 e. The van der Waals surface area contributed by atoms with Crippen molar-refractivity contribution in [1.82, 2.24) is 0 Å². The average molecular weight is 378 g/mol. The Hall–Kier alpha value is 1.89. The maximum absolute atomic E-state index is 4.34. The van der Waals surface area contributed by atoms with Crippen LogP contribution in [-0.4, -0.2) is 17.1 Å². The Kier molecular flexibility index (Phi) is 20.6. The Morgan fingerprint density at radius 2 is 1.25 bits per heavy atom. The number of rotatable bonds is 0. The molecule has 0 nitrogen and oxygen atoms in total. The summed E-state index contributed by atoms with van der Waals surface area (Å²) in [6, 6.07) is 0. The van der Waals surface area contributed by atoms with E-state index in [4.69, 9.17) is 0 Å². The molecule has 4 heavy (non-hydrogen) atoms. The normalized spacial score (nSPS) is 3.00. The van der Waals surface area contributed by atoms with Crippen LogP contribution in [0.4, 0.5) is 0 Å². The Bertz CT molecular complexity index is 27.0. The fourth-order valence-corrected chi connectivity index (χ4v) is 0. The first-order valence-corrected chi connectivity index (χ1v) is 6.71. The van der Waals surface area contributed by atoms with Gasteiger partial charge >= 0.3 is 35.7 Å². The van der Waals surface area contributed by atoms with Crippen LogP contribution in [0.25, 0.3) is 0 Å². The summed E-state index contributed by atoms with van der Waals surface area (Å²) < 4.78 is 0. The summed E-state index contributed by atoms with van der Waals surface area (Å²) in [5, 5.41) is 0. The molecule has 0 N–H and O–H groups in total. The monoisotopic (exact) mass is 381 g/mol. The molecule has 0 saturated carbocycles. The molecule has 0 aliphatic carbocycles. The van der Waals surface area contributed by atoms with Crippen LogP contribution in [0, 0.1) is 0 Å². The van der Waals surface area contributed by atoms with E-state index in [1.807, 2.05) is 0 Å². The summed E-state index contributed by atoms with van der Waals surface area (Å²) in [6.07, 6.45) is 0. The van der Waals surface area contributed by atoms with Crippen LogP contribution in [0.2, 0.25) is 0 Å². The summed E-state index contributed by atoms with van der Waals surface area (Å²) in [5.41, 5.74) is 0. The molecule has 1 radical (unpaired) electrons. The van der Waals surface area contributed by atoms with Gasteiger partial charge in [-0.25, -0.2) is 0 Å². The van der Waals surface area contributed by atoms with Gasteiger partial charge in [-0.05, 0) is 0 Å². The van der Waals surface area contributed by atoms with Gasteiger partial charge in [-0.15, -0.1) is 0 Å². The maximum atomic E-state index is 4.34. The first-order chi connectivity index (χ1) is 1.41. The molecule has 0 amide bonds. The van der Waals surface area contributed by atoms with Crippen LogP contribution in [0.3, 0.4) is 0 Å². The maximum Gasteiger partial charge on any atom is 0 e. The van der Waals surface area contributed by atoms with Crippen LogP contribution in [-0.2, 0) is 20.4 Å². The third-order valence-electron chi connectivity index (χ3n) is 0. The summed E-state index contributed by atoms with van der Waals surface area (Å²) >= 11 is -0.363. The van der Waals surface area contributed by atoms with Crippen molar-refractivity contribution in [3.8, 4) is 0 Å². The summed E-state index contributed by atoms with van der Waals surface area (Å²) in [5.74, 6) is 0. The molecule has 0 aromatic heterocycles. The van der Waals surface area contributed by atoms with Gasteiger partial charge in [0.25, 0.3) is 0 Å². The zero-order valence-corrected chi connectivity index (χ0v) is 8.28. The van der Waals surface area contributed by atoms with E-state index < -0.39 is 0 Å². The average Bonchev–Trinajstić information content (AvgIpc) is 0.918. The standard InChI is InChI=1S/Re.S2Te/c;1-3-2. The predicted molar refractivity (Wildman–Crippen MR) is 20.9 cm³/mol. The van der Waals surface area contributed by atoms with E-state index in [2.05, 4.69) is 18.7 Å². The Morgan fingerprint density at radius 3 is 1.25 bits per heavy atom. The first-order valence-electron chi connectivity index (χ1n) is 0.333. The SMILES string of the molecule is S=[Te]=S.[Re]. The second-order valence-electron chi connectivity index (χ2n) is 0.0680. The summed E-state index contributed by atoms with van der Waals surface area (Å²) in [6.45, 7) is 0. The van der Waals surface area contributed by atoms with E-state index in [0.717, 1.165) is 0 Å². The summed E-state index contributed by atoms with van der Waals surface area (Å²) in [4.78, 5) is 0. The minimum atomic E-state index is -0.363. The van der Waals surface area contributed by atoms with E-state index >= 15 is 0 Å². The number of hydrogen-bond acceptors (Lipinski definition) is 2. The summed E-state index contributed by atoms with van der Waals surface area (Å²) in [7, 11) is 8.68. The Morgan fingerprint density at radius 1 is 1.25 bits per heavy atom. The van der Waals surface area contributed by atoms with Gasteiger partial charge in [-0.1, -0.05) is 0 Å². The van der Waals surface area contributed by atoms with Gasteiger partial charge in [0.05, 0.1) is 0 Å². The number of hydrogen-bond donors (Lipinski definition) is 0. The van der Waals surface area contributed by atoms with Crippen molar-refractivity contribution in [3.05, 3.63) is 0 Å². The first kappa shape index (κ1) is 9.31. The van der Waals surface area contributed by atoms with Gasteiger partial charge in [0, 0.05) is 20.4 Å². The molecule has 0 aromatic rings. The second-order valence-corrected chi connectivity index (χ2v) is 4.11. The molecule has 4 heteroatoms. The second kappa shape index (κ2) is 8.86. The topological polar surface area (TPSA) is 0 Å². The van der Waals surface area contributed by atoms with E-state index in [1.165, 1.54) is 0 Å². The molecule has 0 fully saturated rings. The van der Waals surface area contributed by atoms with Gasteiger partial charge in [0.15, 0.2) is 0 Å². The minimum absolute atomic E-state index is 0. The van der Waals surface area contributed by atoms with Crippen molar-refractivity contribution in [3.63, 3.8) is 0 Å². The van der Waals surface area contributed by atoms with Gasteiger partial charge in [-0.3, -0.25) is 0 Å². The van der Waals surface area contributed by atoms with Crippen LogP contribution in [0.15, 0.2) is 0 Å². The molecule has 0 saturated heterocycles. The van der Waals surface area contributed by atoms with Crippen molar-refractivity contribution in [2.45, 2.75) is 0 Å². The van der Waals surface area contributed by atoms with Crippen molar-refractivity contribution in [1.29, 1.82) is 0 Å². The molecule has 0 aromatic carbocycles. The molecule has 0 bridgehead atoms. The molecule has 0 heterocycles. The van der Waals surface area contributed by atoms with Crippen LogP contribution in [0.5, 0.6) is 0 Å². The molecule has 0 aliphatic rings. The van der Waals surface area contributed by atoms with E-state index in [0.29, 0.717) is 0 Å². The van der Waals surface area contributed by atoms with Gasteiger partial charge in [0.1, 0.15) is 0 Å². The smallest absolute Gasteiger partial charge is 0 e. The van der Waals surface area contributed by atoms with E-state index in [1.54, 1.807) is 0 Å². The molecule has 25 valence electrons. The zero-order chi connectivity index (χ0) is 2.71. The third kappa shape index (κ3) is 9.09. The Labute approximate surface area is 55.5 Å². The van der Waals surface area contributed by atoms with E-state index in [-0.39, 0.29) is 37.5 Å². The quantitative estimate of drug-likeness (QED) is 0.576. The zero-order valence-electron chi connectivity index (χ0n) is 1.60. The fourth-order valence-electron chi connectivity index (χ4n) is 0. The molecule has 0 atom stereocenters. The molecular formula is ReS2Te. The van der Waals surface area contributed by atoms with Gasteiger partial charge < -0.3 is 0 Å². The van der Waals surface area contributed by atoms with Crippen molar-refractivity contribution < 1.29 is 20.4 Å². The molecule has 0 unspecified atom stereocenters. The van der Waals surface area contributed by atoms with Gasteiger partial charge in [-0.2, -0.15) is 0 Å². The van der Waals surface area contributed by atoms with Crippen LogP contribution < -0.4 is 0 Å². The van der Waals surface area contributed by atoms with Crippen molar-refractivity contribution in [2.24, 2.45) is 0 Å². The molecule has 0 rings (SSSR count). The fraction of sp³-hybridized carbons (Fsp3) is 0.